The molecule has 102 valence electrons. The fourth-order valence-corrected chi connectivity index (χ4v) is 2.60. The molecule has 20 heavy (non-hydrogen) atoms. The lowest BCUT2D eigenvalue weighted by molar-refractivity contribution is 0.838. The van der Waals surface area contributed by atoms with Gasteiger partial charge in [0.05, 0.1) is 11.6 Å². The summed E-state index contributed by atoms with van der Waals surface area (Å²) < 4.78 is 0. The third-order valence-electron chi connectivity index (χ3n) is 3.68. The van der Waals surface area contributed by atoms with Crippen LogP contribution in [0.5, 0.6) is 0 Å². The van der Waals surface area contributed by atoms with Gasteiger partial charge in [0.2, 0.25) is 0 Å². The minimum Gasteiger partial charge on any atom is -0.192 e. The van der Waals surface area contributed by atoms with Crippen molar-refractivity contribution in [1.82, 2.24) is 0 Å². The van der Waals surface area contributed by atoms with Crippen LogP contribution in [0.15, 0.2) is 42.5 Å². The zero-order valence-electron chi connectivity index (χ0n) is 12.6. The van der Waals surface area contributed by atoms with Crippen LogP contribution in [0.4, 0.5) is 0 Å². The van der Waals surface area contributed by atoms with Crippen LogP contribution in [0.1, 0.15) is 56.2 Å². The fourth-order valence-electron chi connectivity index (χ4n) is 2.60. The summed E-state index contributed by atoms with van der Waals surface area (Å²) in [6, 6.07) is 16.7. The zero-order chi connectivity index (χ0) is 14.7. The van der Waals surface area contributed by atoms with Gasteiger partial charge < -0.3 is 0 Å². The highest BCUT2D eigenvalue weighted by Crippen LogP contribution is 2.35. The lowest BCUT2D eigenvalue weighted by Crippen LogP contribution is -1.99. The van der Waals surface area contributed by atoms with E-state index in [1.807, 2.05) is 12.1 Å². The summed E-state index contributed by atoms with van der Waals surface area (Å²) in [6.07, 6.45) is 0. The van der Waals surface area contributed by atoms with Crippen molar-refractivity contribution in [1.29, 1.82) is 5.26 Å². The van der Waals surface area contributed by atoms with E-state index in [4.69, 9.17) is 5.26 Å². The Morgan fingerprint density at radius 2 is 1.30 bits per heavy atom. The minimum atomic E-state index is 0.486. The maximum absolute atomic E-state index is 8.93. The molecule has 0 bridgehead atoms. The van der Waals surface area contributed by atoms with Gasteiger partial charge in [0.25, 0.3) is 0 Å². The minimum absolute atomic E-state index is 0.486. The van der Waals surface area contributed by atoms with Gasteiger partial charge in [0.15, 0.2) is 0 Å². The summed E-state index contributed by atoms with van der Waals surface area (Å²) >= 11 is 0. The van der Waals surface area contributed by atoms with E-state index in [9.17, 15) is 0 Å². The molecule has 0 aromatic heterocycles. The van der Waals surface area contributed by atoms with E-state index in [1.54, 1.807) is 0 Å². The van der Waals surface area contributed by atoms with Gasteiger partial charge in [-0.1, -0.05) is 58.0 Å². The van der Waals surface area contributed by atoms with Crippen molar-refractivity contribution in [2.45, 2.75) is 39.5 Å². The van der Waals surface area contributed by atoms with Crippen molar-refractivity contribution in [3.05, 3.63) is 59.2 Å². The summed E-state index contributed by atoms with van der Waals surface area (Å²) in [5.41, 5.74) is 6.00. The number of hydrogen-bond donors (Lipinski definition) is 0. The van der Waals surface area contributed by atoms with E-state index in [-0.39, 0.29) is 0 Å². The first kappa shape index (κ1) is 14.3. The van der Waals surface area contributed by atoms with Crippen LogP contribution in [-0.4, -0.2) is 0 Å². The predicted molar refractivity (Wildman–Crippen MR) is 84.8 cm³/mol. The maximum Gasteiger partial charge on any atom is 0.0991 e. The van der Waals surface area contributed by atoms with Gasteiger partial charge in [0.1, 0.15) is 0 Å². The molecule has 0 fully saturated rings. The molecule has 0 aliphatic heterocycles. The lowest BCUT2D eigenvalue weighted by atomic mass is 9.85. The Labute approximate surface area is 121 Å². The maximum atomic E-state index is 8.93. The van der Waals surface area contributed by atoms with Gasteiger partial charge >= 0.3 is 0 Å². The Bertz CT molecular complexity index is 602. The number of benzene rings is 2. The van der Waals surface area contributed by atoms with Crippen molar-refractivity contribution in [3.8, 4) is 17.2 Å². The highest BCUT2D eigenvalue weighted by molar-refractivity contribution is 5.73. The lowest BCUT2D eigenvalue weighted by Gasteiger charge is -2.20. The van der Waals surface area contributed by atoms with Crippen LogP contribution in [0.3, 0.4) is 0 Å². The van der Waals surface area contributed by atoms with Crippen LogP contribution in [-0.2, 0) is 0 Å². The second kappa shape index (κ2) is 5.92. The summed E-state index contributed by atoms with van der Waals surface area (Å²) in [5, 5.41) is 8.93. The summed E-state index contributed by atoms with van der Waals surface area (Å²) in [6.45, 7) is 8.92. The molecule has 0 saturated heterocycles. The van der Waals surface area contributed by atoms with Crippen LogP contribution in [0, 0.1) is 11.3 Å². The van der Waals surface area contributed by atoms with Crippen molar-refractivity contribution in [3.63, 3.8) is 0 Å². The van der Waals surface area contributed by atoms with Crippen molar-refractivity contribution >= 4 is 0 Å². The molecular weight excluding hydrogens is 242 g/mol. The quantitative estimate of drug-likeness (QED) is 0.720. The molecule has 1 heteroatoms. The van der Waals surface area contributed by atoms with Gasteiger partial charge in [-0.3, -0.25) is 0 Å². The van der Waals surface area contributed by atoms with Gasteiger partial charge in [-0.05, 0) is 46.2 Å². The molecule has 1 nitrogen and oxygen atoms in total. The molecule has 0 unspecified atom stereocenters. The molecule has 2 aromatic carbocycles. The van der Waals surface area contributed by atoms with Crippen LogP contribution < -0.4 is 0 Å². The molecule has 0 radical (unpaired) electrons. The Morgan fingerprint density at radius 1 is 0.800 bits per heavy atom. The molecule has 0 aliphatic carbocycles. The van der Waals surface area contributed by atoms with E-state index in [0.29, 0.717) is 17.4 Å². The highest BCUT2D eigenvalue weighted by atomic mass is 14.2. The molecular formula is C19H21N. The second-order valence-electron chi connectivity index (χ2n) is 5.81. The third-order valence-corrected chi connectivity index (χ3v) is 3.68. The first-order valence-electron chi connectivity index (χ1n) is 7.18. The summed E-state index contributed by atoms with van der Waals surface area (Å²) in [4.78, 5) is 0. The van der Waals surface area contributed by atoms with Crippen LogP contribution in [0.25, 0.3) is 11.1 Å². The van der Waals surface area contributed by atoms with Crippen molar-refractivity contribution in [2.75, 3.05) is 0 Å². The van der Waals surface area contributed by atoms with Crippen LogP contribution in [0.2, 0.25) is 0 Å². The summed E-state index contributed by atoms with van der Waals surface area (Å²) in [7, 11) is 0. The predicted octanol–water partition coefficient (Wildman–Crippen LogP) is 5.47. The van der Waals surface area contributed by atoms with E-state index in [0.717, 1.165) is 0 Å². The molecule has 2 aromatic rings. The number of nitriles is 1. The van der Waals surface area contributed by atoms with Crippen LogP contribution >= 0.6 is 0 Å². The Morgan fingerprint density at radius 3 is 1.70 bits per heavy atom. The number of nitrogens with zero attached hydrogens (tertiary/aromatic N) is 1. The number of hydrogen-bond acceptors (Lipinski definition) is 1. The molecule has 0 saturated carbocycles. The topological polar surface area (TPSA) is 23.8 Å². The Balaban J connectivity index is 2.66. The molecule has 2 rings (SSSR count). The van der Waals surface area contributed by atoms with Gasteiger partial charge in [-0.15, -0.1) is 0 Å². The molecule has 0 heterocycles. The van der Waals surface area contributed by atoms with E-state index in [1.165, 1.54) is 22.3 Å². The molecule has 0 spiro atoms. The first-order valence-corrected chi connectivity index (χ1v) is 7.18. The average molecular weight is 263 g/mol. The Kier molecular flexibility index (Phi) is 4.25. The molecule has 0 N–H and O–H groups in total. The van der Waals surface area contributed by atoms with Crippen molar-refractivity contribution in [2.24, 2.45) is 0 Å². The largest absolute Gasteiger partial charge is 0.192 e. The standard InChI is InChI=1S/C19H21N/c1-13(2)17-6-5-7-18(14(3)4)19(17)16-10-8-15(12-20)9-11-16/h5-11,13-14H,1-4H3. The smallest absolute Gasteiger partial charge is 0.0991 e. The zero-order valence-corrected chi connectivity index (χ0v) is 12.6. The van der Waals surface area contributed by atoms with Gasteiger partial charge in [-0.2, -0.15) is 5.26 Å². The highest BCUT2D eigenvalue weighted by Gasteiger charge is 2.15. The van der Waals surface area contributed by atoms with Gasteiger partial charge in [0, 0.05) is 0 Å². The first-order chi connectivity index (χ1) is 9.54. The molecule has 0 amide bonds. The number of rotatable bonds is 3. The van der Waals surface area contributed by atoms with Crippen molar-refractivity contribution < 1.29 is 0 Å². The normalized spacial score (nSPS) is 10.8. The Hall–Kier alpha value is -2.07. The monoisotopic (exact) mass is 263 g/mol. The SMILES string of the molecule is CC(C)c1cccc(C(C)C)c1-c1ccc(C#N)cc1. The van der Waals surface area contributed by atoms with E-state index < -0.39 is 0 Å². The second-order valence-corrected chi connectivity index (χ2v) is 5.81. The average Bonchev–Trinajstić information content (AvgIpc) is 2.46. The molecule has 0 aliphatic rings. The van der Waals surface area contributed by atoms with Gasteiger partial charge in [-0.25, -0.2) is 0 Å². The van der Waals surface area contributed by atoms with E-state index in [2.05, 4.69) is 64.1 Å². The van der Waals surface area contributed by atoms with E-state index >= 15 is 0 Å². The summed E-state index contributed by atoms with van der Waals surface area (Å²) in [5.74, 6) is 0.971. The molecule has 0 atom stereocenters. The third kappa shape index (κ3) is 2.75. The fraction of sp³-hybridized carbons (Fsp3) is 0.316.